The van der Waals surface area contributed by atoms with Crippen molar-refractivity contribution >= 4 is 11.8 Å². The third kappa shape index (κ3) is 4.57. The van der Waals surface area contributed by atoms with Gasteiger partial charge in [-0.2, -0.15) is 24.9 Å². The highest BCUT2D eigenvalue weighted by Gasteiger charge is 2.30. The lowest BCUT2D eigenvalue weighted by molar-refractivity contribution is -0.137. The standard InChI is InChI=1S/C11H14F3NOS/c12-11(13,14)9-3-1-2-8(6-9)10(15)7-17-5-4-16/h1-3,6,10,16H,4-5,7,15H2. The summed E-state index contributed by atoms with van der Waals surface area (Å²) >= 11 is 1.41. The quantitative estimate of drug-likeness (QED) is 0.804. The summed E-state index contributed by atoms with van der Waals surface area (Å²) in [5.41, 5.74) is 5.56. The highest BCUT2D eigenvalue weighted by molar-refractivity contribution is 7.99. The highest BCUT2D eigenvalue weighted by Crippen LogP contribution is 2.30. The first kappa shape index (κ1) is 14.3. The summed E-state index contributed by atoms with van der Waals surface area (Å²) in [4.78, 5) is 0. The van der Waals surface area contributed by atoms with Crippen molar-refractivity contribution in [3.8, 4) is 0 Å². The number of thioether (sulfide) groups is 1. The summed E-state index contributed by atoms with van der Waals surface area (Å²) < 4.78 is 37.4. The average molecular weight is 265 g/mol. The van der Waals surface area contributed by atoms with Crippen molar-refractivity contribution in [2.24, 2.45) is 5.73 Å². The number of aliphatic hydroxyl groups is 1. The molecule has 0 aromatic heterocycles. The monoisotopic (exact) mass is 265 g/mol. The van der Waals surface area contributed by atoms with Gasteiger partial charge in [-0.1, -0.05) is 12.1 Å². The predicted molar refractivity (Wildman–Crippen MR) is 62.8 cm³/mol. The van der Waals surface area contributed by atoms with E-state index in [0.29, 0.717) is 17.1 Å². The molecular formula is C11H14F3NOS. The van der Waals surface area contributed by atoms with Gasteiger partial charge in [0.1, 0.15) is 0 Å². The molecule has 1 atom stereocenters. The molecule has 0 bridgehead atoms. The SMILES string of the molecule is NC(CSCCO)c1cccc(C(F)(F)F)c1. The van der Waals surface area contributed by atoms with E-state index in [1.165, 1.54) is 17.8 Å². The van der Waals surface area contributed by atoms with Crippen LogP contribution in [0.5, 0.6) is 0 Å². The summed E-state index contributed by atoms with van der Waals surface area (Å²) in [5, 5.41) is 8.59. The molecule has 1 aromatic rings. The number of hydrogen-bond acceptors (Lipinski definition) is 3. The van der Waals surface area contributed by atoms with Crippen molar-refractivity contribution in [1.82, 2.24) is 0 Å². The van der Waals surface area contributed by atoms with Gasteiger partial charge in [-0.15, -0.1) is 0 Å². The third-order valence-corrected chi connectivity index (χ3v) is 3.24. The van der Waals surface area contributed by atoms with E-state index in [1.807, 2.05) is 0 Å². The lowest BCUT2D eigenvalue weighted by Gasteiger charge is -2.14. The average Bonchev–Trinajstić information content (AvgIpc) is 2.28. The zero-order valence-corrected chi connectivity index (χ0v) is 9.89. The van der Waals surface area contributed by atoms with Gasteiger partial charge in [0.15, 0.2) is 0 Å². The van der Waals surface area contributed by atoms with E-state index in [1.54, 1.807) is 6.07 Å². The molecule has 0 saturated carbocycles. The molecule has 2 nitrogen and oxygen atoms in total. The normalized spacial score (nSPS) is 13.7. The molecule has 17 heavy (non-hydrogen) atoms. The molecule has 0 heterocycles. The molecule has 0 aliphatic heterocycles. The van der Waals surface area contributed by atoms with Gasteiger partial charge in [0.25, 0.3) is 0 Å². The van der Waals surface area contributed by atoms with Crippen molar-refractivity contribution in [1.29, 1.82) is 0 Å². The smallest absolute Gasteiger partial charge is 0.396 e. The van der Waals surface area contributed by atoms with Gasteiger partial charge in [0.05, 0.1) is 12.2 Å². The number of nitrogens with two attached hydrogens (primary N) is 1. The van der Waals surface area contributed by atoms with Gasteiger partial charge >= 0.3 is 6.18 Å². The number of halogens is 3. The number of alkyl halides is 3. The van der Waals surface area contributed by atoms with Gasteiger partial charge in [-0.3, -0.25) is 0 Å². The van der Waals surface area contributed by atoms with Gasteiger partial charge < -0.3 is 10.8 Å². The Morgan fingerprint density at radius 2 is 2.06 bits per heavy atom. The highest BCUT2D eigenvalue weighted by atomic mass is 32.2. The Kier molecular flexibility index (Phi) is 5.30. The molecule has 0 fully saturated rings. The van der Waals surface area contributed by atoms with E-state index in [2.05, 4.69) is 0 Å². The lowest BCUT2D eigenvalue weighted by Crippen LogP contribution is -2.15. The van der Waals surface area contributed by atoms with Crippen LogP contribution in [0.3, 0.4) is 0 Å². The van der Waals surface area contributed by atoms with E-state index in [9.17, 15) is 13.2 Å². The number of hydrogen-bond donors (Lipinski definition) is 2. The van der Waals surface area contributed by atoms with E-state index < -0.39 is 17.8 Å². The summed E-state index contributed by atoms with van der Waals surface area (Å²) in [6.45, 7) is 0.0416. The third-order valence-electron chi connectivity index (χ3n) is 2.18. The second-order valence-electron chi connectivity index (χ2n) is 3.53. The Balaban J connectivity index is 2.71. The molecule has 0 amide bonds. The van der Waals surface area contributed by atoms with Crippen molar-refractivity contribution in [2.45, 2.75) is 12.2 Å². The molecule has 1 aromatic carbocycles. The molecule has 0 aliphatic carbocycles. The molecule has 1 rings (SSSR count). The first-order valence-electron chi connectivity index (χ1n) is 5.06. The summed E-state index contributed by atoms with van der Waals surface area (Å²) in [5.74, 6) is 1.02. The molecule has 0 radical (unpaired) electrons. The maximum Gasteiger partial charge on any atom is 0.416 e. The zero-order valence-electron chi connectivity index (χ0n) is 9.07. The Bertz CT molecular complexity index is 357. The molecule has 1 unspecified atom stereocenters. The van der Waals surface area contributed by atoms with Crippen LogP contribution < -0.4 is 5.73 Å². The fourth-order valence-electron chi connectivity index (χ4n) is 1.32. The Morgan fingerprint density at radius 3 is 2.65 bits per heavy atom. The maximum absolute atomic E-state index is 12.5. The Labute approximate surface area is 102 Å². The van der Waals surface area contributed by atoms with E-state index >= 15 is 0 Å². The van der Waals surface area contributed by atoms with Crippen LogP contribution >= 0.6 is 11.8 Å². The summed E-state index contributed by atoms with van der Waals surface area (Å²) in [6, 6.07) is 4.59. The second-order valence-corrected chi connectivity index (χ2v) is 4.68. The molecule has 3 N–H and O–H groups in total. The van der Waals surface area contributed by atoms with Gasteiger partial charge in [0.2, 0.25) is 0 Å². The molecular weight excluding hydrogens is 251 g/mol. The molecule has 0 spiro atoms. The number of rotatable bonds is 5. The minimum absolute atomic E-state index is 0.0416. The van der Waals surface area contributed by atoms with Crippen LogP contribution in [-0.2, 0) is 6.18 Å². The Morgan fingerprint density at radius 1 is 1.35 bits per heavy atom. The van der Waals surface area contributed by atoms with Crippen LogP contribution in [0.4, 0.5) is 13.2 Å². The van der Waals surface area contributed by atoms with Crippen molar-refractivity contribution < 1.29 is 18.3 Å². The first-order chi connectivity index (χ1) is 7.95. The van der Waals surface area contributed by atoms with Crippen LogP contribution in [0.1, 0.15) is 17.2 Å². The van der Waals surface area contributed by atoms with Gasteiger partial charge in [-0.05, 0) is 17.7 Å². The van der Waals surface area contributed by atoms with E-state index in [0.717, 1.165) is 12.1 Å². The van der Waals surface area contributed by atoms with Crippen LogP contribution in [0, 0.1) is 0 Å². The largest absolute Gasteiger partial charge is 0.416 e. The molecule has 6 heteroatoms. The van der Waals surface area contributed by atoms with Crippen molar-refractivity contribution in [3.63, 3.8) is 0 Å². The molecule has 96 valence electrons. The summed E-state index contributed by atoms with van der Waals surface area (Å²) in [6.07, 6.45) is -4.34. The van der Waals surface area contributed by atoms with Crippen molar-refractivity contribution in [2.75, 3.05) is 18.1 Å². The minimum atomic E-state index is -4.34. The fraction of sp³-hybridized carbons (Fsp3) is 0.455. The maximum atomic E-state index is 12.5. The fourth-order valence-corrected chi connectivity index (χ4v) is 2.06. The van der Waals surface area contributed by atoms with Crippen LogP contribution in [0.25, 0.3) is 0 Å². The number of aliphatic hydroxyl groups excluding tert-OH is 1. The Hall–Kier alpha value is -0.720. The van der Waals surface area contributed by atoms with Gasteiger partial charge in [-0.25, -0.2) is 0 Å². The van der Waals surface area contributed by atoms with E-state index in [4.69, 9.17) is 10.8 Å². The molecule has 0 aliphatic rings. The number of benzene rings is 1. The lowest BCUT2D eigenvalue weighted by atomic mass is 10.1. The second kappa shape index (κ2) is 6.28. The molecule has 0 saturated heterocycles. The van der Waals surface area contributed by atoms with Crippen LogP contribution in [-0.4, -0.2) is 23.2 Å². The summed E-state index contributed by atoms with van der Waals surface area (Å²) in [7, 11) is 0. The minimum Gasteiger partial charge on any atom is -0.396 e. The van der Waals surface area contributed by atoms with Gasteiger partial charge in [0, 0.05) is 17.5 Å². The van der Waals surface area contributed by atoms with E-state index in [-0.39, 0.29) is 6.61 Å². The van der Waals surface area contributed by atoms with Crippen LogP contribution in [0.15, 0.2) is 24.3 Å². The van der Waals surface area contributed by atoms with Crippen molar-refractivity contribution in [3.05, 3.63) is 35.4 Å². The zero-order chi connectivity index (χ0) is 12.9. The first-order valence-corrected chi connectivity index (χ1v) is 6.22. The predicted octanol–water partition coefficient (Wildman–Crippen LogP) is 2.43. The van der Waals surface area contributed by atoms with Crippen LogP contribution in [0.2, 0.25) is 0 Å². The topological polar surface area (TPSA) is 46.2 Å².